The maximum Gasteiger partial charge on any atom is 0.119 e. The van der Waals surface area contributed by atoms with Crippen molar-refractivity contribution in [2.45, 2.75) is 31.2 Å². The van der Waals surface area contributed by atoms with E-state index >= 15 is 0 Å². The van der Waals surface area contributed by atoms with Gasteiger partial charge < -0.3 is 20.3 Å². The molecule has 0 amide bonds. The molecule has 2 rings (SSSR count). The summed E-state index contributed by atoms with van der Waals surface area (Å²) in [5.74, 6) is 1.25. The van der Waals surface area contributed by atoms with Gasteiger partial charge in [-0.1, -0.05) is 24.6 Å². The number of rotatable bonds is 8. The molecule has 0 radical (unpaired) electrons. The zero-order valence-electron chi connectivity index (χ0n) is 12.0. The third kappa shape index (κ3) is 4.20. The van der Waals surface area contributed by atoms with Gasteiger partial charge in [0.05, 0.1) is 13.2 Å². The Kier molecular flexibility index (Phi) is 5.83. The van der Waals surface area contributed by atoms with Crippen LogP contribution in [-0.4, -0.2) is 37.1 Å². The molecule has 0 aliphatic heterocycles. The molecule has 4 nitrogen and oxygen atoms in total. The number of ether oxygens (including phenoxy) is 2. The van der Waals surface area contributed by atoms with Crippen LogP contribution in [0.25, 0.3) is 0 Å². The summed E-state index contributed by atoms with van der Waals surface area (Å²) in [7, 11) is 0. The first-order valence-electron chi connectivity index (χ1n) is 7.40. The second-order valence-corrected chi connectivity index (χ2v) is 5.54. The molecule has 0 spiro atoms. The van der Waals surface area contributed by atoms with Gasteiger partial charge in [0.15, 0.2) is 0 Å². The van der Waals surface area contributed by atoms with Crippen molar-refractivity contribution in [3.63, 3.8) is 0 Å². The average molecular weight is 279 g/mol. The molecule has 2 unspecified atom stereocenters. The number of nitrogens with two attached hydrogens (primary N) is 1. The van der Waals surface area contributed by atoms with Gasteiger partial charge in [0, 0.05) is 12.1 Å². The summed E-state index contributed by atoms with van der Waals surface area (Å²) in [6.45, 7) is 1.90. The first kappa shape index (κ1) is 15.3. The smallest absolute Gasteiger partial charge is 0.119 e. The fourth-order valence-corrected chi connectivity index (χ4v) is 2.87. The predicted octanol–water partition coefficient (Wildman–Crippen LogP) is 1.96. The molecule has 20 heavy (non-hydrogen) atoms. The lowest BCUT2D eigenvalue weighted by Gasteiger charge is -2.29. The van der Waals surface area contributed by atoms with E-state index in [-0.39, 0.29) is 12.1 Å². The third-order valence-electron chi connectivity index (χ3n) is 4.15. The van der Waals surface area contributed by atoms with Crippen molar-refractivity contribution in [3.8, 4) is 5.75 Å². The average Bonchev–Trinajstić information content (AvgIpc) is 2.86. The Balaban J connectivity index is 1.56. The molecule has 1 aliphatic rings. The minimum absolute atomic E-state index is 0.0782. The largest absolute Gasteiger partial charge is 0.491 e. The summed E-state index contributed by atoms with van der Waals surface area (Å²) < 4.78 is 11.1. The zero-order chi connectivity index (χ0) is 14.3. The molecule has 0 aromatic heterocycles. The molecule has 2 atom stereocenters. The Morgan fingerprint density at radius 3 is 2.75 bits per heavy atom. The number of hydrogen-bond donors (Lipinski definition) is 2. The van der Waals surface area contributed by atoms with Crippen LogP contribution in [0, 0.1) is 5.92 Å². The van der Waals surface area contributed by atoms with Crippen molar-refractivity contribution in [2.24, 2.45) is 11.7 Å². The van der Waals surface area contributed by atoms with Crippen molar-refractivity contribution < 1.29 is 14.6 Å². The number of aliphatic hydroxyl groups is 1. The first-order valence-corrected chi connectivity index (χ1v) is 7.40. The predicted molar refractivity (Wildman–Crippen MR) is 78.7 cm³/mol. The number of aliphatic hydroxyl groups excluding tert-OH is 1. The molecule has 1 saturated carbocycles. The van der Waals surface area contributed by atoms with E-state index in [0.717, 1.165) is 31.4 Å². The van der Waals surface area contributed by atoms with Crippen LogP contribution in [0.1, 0.15) is 25.7 Å². The highest BCUT2D eigenvalue weighted by Crippen LogP contribution is 2.35. The lowest BCUT2D eigenvalue weighted by atomic mass is 9.87. The zero-order valence-corrected chi connectivity index (χ0v) is 12.0. The fraction of sp³-hybridized carbons (Fsp3) is 0.625. The van der Waals surface area contributed by atoms with Gasteiger partial charge in [0.1, 0.15) is 12.4 Å². The second-order valence-electron chi connectivity index (χ2n) is 5.54. The summed E-state index contributed by atoms with van der Waals surface area (Å²) >= 11 is 0. The summed E-state index contributed by atoms with van der Waals surface area (Å²) in [5, 5.41) is 9.38. The Labute approximate surface area is 120 Å². The molecule has 0 saturated heterocycles. The van der Waals surface area contributed by atoms with E-state index in [0.29, 0.717) is 25.7 Å². The van der Waals surface area contributed by atoms with Crippen LogP contribution in [0.5, 0.6) is 5.75 Å². The SMILES string of the molecule is NC1(CO)CCCC1CCOCCOc1ccccc1. The van der Waals surface area contributed by atoms with Crippen molar-refractivity contribution in [2.75, 3.05) is 26.4 Å². The Hall–Kier alpha value is -1.10. The van der Waals surface area contributed by atoms with Gasteiger partial charge in [-0.3, -0.25) is 0 Å². The van der Waals surface area contributed by atoms with Crippen LogP contribution in [0.15, 0.2) is 30.3 Å². The lowest BCUT2D eigenvalue weighted by Crippen LogP contribution is -2.47. The molecule has 1 aromatic carbocycles. The van der Waals surface area contributed by atoms with Crippen molar-refractivity contribution >= 4 is 0 Å². The molecule has 4 heteroatoms. The molecule has 1 aliphatic carbocycles. The molecule has 1 aromatic rings. The van der Waals surface area contributed by atoms with Crippen LogP contribution in [0.2, 0.25) is 0 Å². The third-order valence-corrected chi connectivity index (χ3v) is 4.15. The van der Waals surface area contributed by atoms with E-state index in [1.165, 1.54) is 0 Å². The van der Waals surface area contributed by atoms with Gasteiger partial charge in [-0.25, -0.2) is 0 Å². The Bertz CT molecular complexity index is 385. The monoisotopic (exact) mass is 279 g/mol. The second kappa shape index (κ2) is 7.62. The highest BCUT2D eigenvalue weighted by atomic mass is 16.5. The fourth-order valence-electron chi connectivity index (χ4n) is 2.87. The van der Waals surface area contributed by atoms with E-state index in [9.17, 15) is 5.11 Å². The lowest BCUT2D eigenvalue weighted by molar-refractivity contribution is 0.0751. The van der Waals surface area contributed by atoms with Crippen LogP contribution in [0.3, 0.4) is 0 Å². The van der Waals surface area contributed by atoms with Gasteiger partial charge in [-0.05, 0) is 37.3 Å². The van der Waals surface area contributed by atoms with Crippen LogP contribution in [0.4, 0.5) is 0 Å². The topological polar surface area (TPSA) is 64.7 Å². The van der Waals surface area contributed by atoms with Gasteiger partial charge >= 0.3 is 0 Å². The van der Waals surface area contributed by atoms with Gasteiger partial charge in [-0.2, -0.15) is 0 Å². The van der Waals surface area contributed by atoms with Crippen molar-refractivity contribution in [1.82, 2.24) is 0 Å². The standard InChI is InChI=1S/C16H25NO3/c17-16(13-18)9-4-5-14(16)8-10-19-11-12-20-15-6-2-1-3-7-15/h1-3,6-7,14,18H,4-5,8-13,17H2. The molecule has 3 N–H and O–H groups in total. The molecule has 0 bridgehead atoms. The van der Waals surface area contributed by atoms with E-state index in [1.54, 1.807) is 0 Å². The van der Waals surface area contributed by atoms with Gasteiger partial charge in [-0.15, -0.1) is 0 Å². The van der Waals surface area contributed by atoms with Gasteiger partial charge in [0.25, 0.3) is 0 Å². The van der Waals surface area contributed by atoms with Crippen LogP contribution < -0.4 is 10.5 Å². The first-order chi connectivity index (χ1) is 9.74. The Morgan fingerprint density at radius 1 is 1.20 bits per heavy atom. The van der Waals surface area contributed by atoms with Crippen LogP contribution in [-0.2, 0) is 4.74 Å². The highest BCUT2D eigenvalue weighted by Gasteiger charge is 2.38. The Morgan fingerprint density at radius 2 is 2.00 bits per heavy atom. The maximum absolute atomic E-state index is 9.38. The normalized spacial score (nSPS) is 25.8. The minimum atomic E-state index is -0.385. The summed E-state index contributed by atoms with van der Waals surface area (Å²) in [5.41, 5.74) is 5.80. The molecule has 1 fully saturated rings. The summed E-state index contributed by atoms with van der Waals surface area (Å²) in [6.07, 6.45) is 4.05. The van der Waals surface area contributed by atoms with Gasteiger partial charge in [0.2, 0.25) is 0 Å². The summed E-state index contributed by atoms with van der Waals surface area (Å²) in [6, 6.07) is 9.73. The van der Waals surface area contributed by atoms with Crippen molar-refractivity contribution in [1.29, 1.82) is 0 Å². The van der Waals surface area contributed by atoms with E-state index in [1.807, 2.05) is 30.3 Å². The number of benzene rings is 1. The molecular formula is C16H25NO3. The molecule has 112 valence electrons. The van der Waals surface area contributed by atoms with Crippen molar-refractivity contribution in [3.05, 3.63) is 30.3 Å². The van der Waals surface area contributed by atoms with E-state index in [2.05, 4.69) is 0 Å². The van der Waals surface area contributed by atoms with Crippen LogP contribution >= 0.6 is 0 Å². The number of hydrogen-bond acceptors (Lipinski definition) is 4. The molecular weight excluding hydrogens is 254 g/mol. The highest BCUT2D eigenvalue weighted by molar-refractivity contribution is 5.20. The maximum atomic E-state index is 9.38. The summed E-state index contributed by atoms with van der Waals surface area (Å²) in [4.78, 5) is 0. The van der Waals surface area contributed by atoms with E-state index < -0.39 is 0 Å². The minimum Gasteiger partial charge on any atom is -0.491 e. The number of para-hydroxylation sites is 1. The van der Waals surface area contributed by atoms with E-state index in [4.69, 9.17) is 15.2 Å². The molecule has 0 heterocycles. The quantitative estimate of drug-likeness (QED) is 0.714.